The lowest BCUT2D eigenvalue weighted by Gasteiger charge is -2.71. The molecule has 4 saturated carbocycles. The fourth-order valence-corrected chi connectivity index (χ4v) is 12.1. The van der Waals surface area contributed by atoms with Crippen LogP contribution in [0.4, 0.5) is 0 Å². The number of aromatic hydroxyl groups is 1. The molecule has 12 unspecified atom stereocenters. The maximum atomic E-state index is 13.1. The summed E-state index contributed by atoms with van der Waals surface area (Å²) in [4.78, 5) is 26.0. The zero-order chi connectivity index (χ0) is 33.4. The zero-order valence-electron chi connectivity index (χ0n) is 28.5. The molecule has 0 bridgehead atoms. The van der Waals surface area contributed by atoms with Gasteiger partial charge in [0.1, 0.15) is 11.9 Å². The van der Waals surface area contributed by atoms with Gasteiger partial charge in [-0.25, -0.2) is 4.79 Å². The number of phenolic OH excluding ortho intramolecular Hbond substituents is 1. The molecule has 0 radical (unpaired) electrons. The van der Waals surface area contributed by atoms with Gasteiger partial charge in [0, 0.05) is 11.5 Å². The summed E-state index contributed by atoms with van der Waals surface area (Å²) in [7, 11) is 0. The number of carboxylic acid groups (broad SMARTS) is 1. The standard InChI is InChI=1S/C39H54O7/c1-23-15-18-39(34(44)45)20-19-37(5)27(32(39)24(23)2)12-13-30-35(3)21-28(42)33(36(4,22-40)29(35)16-17-38(30,37)6)46-31(43)14-9-25-7-10-26(41)11-8-25/h7-12,14,23-24,28-30,32-33,40-42H,13,15-22H2,1-6H3,(H,44,45). The second-order valence-electron chi connectivity index (χ2n) is 16.8. The van der Waals surface area contributed by atoms with Crippen LogP contribution in [-0.2, 0) is 14.3 Å². The SMILES string of the molecule is CC1CCC2(C(=O)O)CCC3(C)C(=CCC4C5(C)CC(O)C(OC(=O)C=Cc6ccc(O)cc6)C(C)(CO)C5CCC43C)C2C1C. The fraction of sp³-hybridized carbons (Fsp3) is 0.692. The topological polar surface area (TPSA) is 124 Å². The van der Waals surface area contributed by atoms with Gasteiger partial charge >= 0.3 is 11.9 Å². The molecule has 4 fully saturated rings. The Morgan fingerprint density at radius 3 is 2.33 bits per heavy atom. The number of benzene rings is 1. The number of ether oxygens (including phenoxy) is 1. The third-order valence-electron chi connectivity index (χ3n) is 15.0. The van der Waals surface area contributed by atoms with E-state index in [-0.39, 0.29) is 46.4 Å². The predicted octanol–water partition coefficient (Wildman–Crippen LogP) is 7.00. The number of phenols is 1. The molecule has 6 rings (SSSR count). The Labute approximate surface area is 274 Å². The Balaban J connectivity index is 1.32. The van der Waals surface area contributed by atoms with Crippen LogP contribution in [0.3, 0.4) is 0 Å². The average molecular weight is 635 g/mol. The number of fused-ring (bicyclic) bond motifs is 7. The Morgan fingerprint density at radius 1 is 0.978 bits per heavy atom. The van der Waals surface area contributed by atoms with Crippen LogP contribution in [0.1, 0.15) is 98.5 Å². The van der Waals surface area contributed by atoms with Gasteiger partial charge in [0.15, 0.2) is 0 Å². The molecule has 5 aliphatic carbocycles. The normalized spacial score (nSPS) is 46.7. The number of hydrogen-bond donors (Lipinski definition) is 4. The van der Waals surface area contributed by atoms with Gasteiger partial charge in [0.2, 0.25) is 0 Å². The smallest absolute Gasteiger partial charge is 0.331 e. The number of rotatable bonds is 5. The van der Waals surface area contributed by atoms with E-state index >= 15 is 0 Å². The summed E-state index contributed by atoms with van der Waals surface area (Å²) in [6.07, 6.45) is 9.93. The van der Waals surface area contributed by atoms with Crippen molar-refractivity contribution in [2.75, 3.05) is 6.61 Å². The van der Waals surface area contributed by atoms with Crippen LogP contribution in [0.25, 0.3) is 6.08 Å². The van der Waals surface area contributed by atoms with Crippen molar-refractivity contribution in [3.05, 3.63) is 47.6 Å². The van der Waals surface area contributed by atoms with Crippen molar-refractivity contribution in [1.29, 1.82) is 0 Å². The molecule has 0 amide bonds. The maximum Gasteiger partial charge on any atom is 0.331 e. The van der Waals surface area contributed by atoms with E-state index in [2.05, 4.69) is 40.7 Å². The first-order valence-corrected chi connectivity index (χ1v) is 17.5. The van der Waals surface area contributed by atoms with E-state index in [0.29, 0.717) is 24.7 Å². The van der Waals surface area contributed by atoms with E-state index in [1.165, 1.54) is 11.6 Å². The summed E-state index contributed by atoms with van der Waals surface area (Å²) in [5.41, 5.74) is 0.0232. The molecule has 252 valence electrons. The predicted molar refractivity (Wildman–Crippen MR) is 176 cm³/mol. The zero-order valence-corrected chi connectivity index (χ0v) is 28.5. The Hall–Kier alpha value is -2.64. The van der Waals surface area contributed by atoms with Crippen LogP contribution in [0.2, 0.25) is 0 Å². The molecule has 0 saturated heterocycles. The molecule has 1 aromatic rings. The van der Waals surface area contributed by atoms with Crippen LogP contribution in [0.15, 0.2) is 42.0 Å². The summed E-state index contributed by atoms with van der Waals surface area (Å²) < 4.78 is 5.98. The number of carbonyl (C=O) groups excluding carboxylic acids is 1. The third-order valence-corrected chi connectivity index (χ3v) is 15.0. The van der Waals surface area contributed by atoms with Gasteiger partial charge < -0.3 is 25.2 Å². The average Bonchev–Trinajstić information content (AvgIpc) is 3.00. The lowest BCUT2D eigenvalue weighted by Crippen LogP contribution is -2.68. The summed E-state index contributed by atoms with van der Waals surface area (Å²) in [5, 5.41) is 43.0. The lowest BCUT2D eigenvalue weighted by atomic mass is 9.33. The molecule has 4 N–H and O–H groups in total. The first-order valence-electron chi connectivity index (χ1n) is 17.5. The van der Waals surface area contributed by atoms with E-state index in [9.17, 15) is 30.0 Å². The Morgan fingerprint density at radius 2 is 1.67 bits per heavy atom. The second-order valence-corrected chi connectivity index (χ2v) is 16.8. The van der Waals surface area contributed by atoms with Crippen LogP contribution in [0, 0.1) is 56.7 Å². The minimum absolute atomic E-state index is 0.0271. The van der Waals surface area contributed by atoms with Gasteiger partial charge in [-0.1, -0.05) is 65.3 Å². The van der Waals surface area contributed by atoms with Gasteiger partial charge in [0.25, 0.3) is 0 Å². The number of aliphatic carboxylic acids is 1. The van der Waals surface area contributed by atoms with Crippen LogP contribution >= 0.6 is 0 Å². The summed E-state index contributed by atoms with van der Waals surface area (Å²) in [5.74, 6) is 0.0165. The molecule has 0 spiro atoms. The highest BCUT2D eigenvalue weighted by Crippen LogP contribution is 2.75. The van der Waals surface area contributed by atoms with Crippen molar-refractivity contribution in [2.45, 2.75) is 105 Å². The first-order chi connectivity index (χ1) is 21.6. The van der Waals surface area contributed by atoms with E-state index < -0.39 is 35.0 Å². The van der Waals surface area contributed by atoms with Gasteiger partial charge in [-0.3, -0.25) is 4.79 Å². The monoisotopic (exact) mass is 634 g/mol. The summed E-state index contributed by atoms with van der Waals surface area (Å²) >= 11 is 0. The molecule has 1 aromatic carbocycles. The minimum Gasteiger partial charge on any atom is -0.508 e. The maximum absolute atomic E-state index is 13.1. The number of allylic oxidation sites excluding steroid dienone is 2. The Bertz CT molecular complexity index is 1430. The van der Waals surface area contributed by atoms with E-state index in [1.807, 2.05) is 6.92 Å². The molecule has 7 heteroatoms. The summed E-state index contributed by atoms with van der Waals surface area (Å²) in [6.45, 7) is 13.5. The van der Waals surface area contributed by atoms with E-state index in [0.717, 1.165) is 44.1 Å². The Kier molecular flexibility index (Phi) is 8.12. The fourth-order valence-electron chi connectivity index (χ4n) is 12.1. The van der Waals surface area contributed by atoms with Gasteiger partial charge in [-0.15, -0.1) is 0 Å². The number of aliphatic hydroxyl groups is 2. The quantitative estimate of drug-likeness (QED) is 0.156. The van der Waals surface area contributed by atoms with Crippen LogP contribution < -0.4 is 0 Å². The highest BCUT2D eigenvalue weighted by Gasteiger charge is 2.71. The highest BCUT2D eigenvalue weighted by molar-refractivity contribution is 5.87. The van der Waals surface area contributed by atoms with Crippen molar-refractivity contribution in [1.82, 2.24) is 0 Å². The van der Waals surface area contributed by atoms with Crippen molar-refractivity contribution >= 4 is 18.0 Å². The van der Waals surface area contributed by atoms with Crippen molar-refractivity contribution in [2.24, 2.45) is 56.7 Å². The largest absolute Gasteiger partial charge is 0.508 e. The first kappa shape index (κ1) is 33.3. The molecule has 0 aliphatic heterocycles. The van der Waals surface area contributed by atoms with E-state index in [4.69, 9.17) is 4.74 Å². The molecule has 12 atom stereocenters. The molecule has 7 nitrogen and oxygen atoms in total. The minimum atomic E-state index is -0.935. The van der Waals surface area contributed by atoms with Crippen molar-refractivity contribution < 1.29 is 34.8 Å². The molecule has 5 aliphatic rings. The number of aliphatic hydroxyl groups excluding tert-OH is 2. The molecule has 0 aromatic heterocycles. The number of carboxylic acids is 1. The second kappa shape index (κ2) is 11.2. The third kappa shape index (κ3) is 4.57. The highest BCUT2D eigenvalue weighted by atomic mass is 16.6. The van der Waals surface area contributed by atoms with Gasteiger partial charge in [-0.05, 0) is 121 Å². The van der Waals surface area contributed by atoms with Crippen LogP contribution in [0.5, 0.6) is 5.75 Å². The number of carbonyl (C=O) groups is 2. The molecular weight excluding hydrogens is 580 g/mol. The molecule has 0 heterocycles. The number of esters is 1. The van der Waals surface area contributed by atoms with Crippen molar-refractivity contribution in [3.63, 3.8) is 0 Å². The number of hydrogen-bond acceptors (Lipinski definition) is 6. The lowest BCUT2D eigenvalue weighted by molar-refractivity contribution is -0.249. The molecule has 46 heavy (non-hydrogen) atoms. The van der Waals surface area contributed by atoms with Crippen molar-refractivity contribution in [3.8, 4) is 5.75 Å². The summed E-state index contributed by atoms with van der Waals surface area (Å²) in [6, 6.07) is 6.49. The van der Waals surface area contributed by atoms with Crippen LogP contribution in [-0.4, -0.2) is 51.2 Å². The van der Waals surface area contributed by atoms with E-state index in [1.54, 1.807) is 30.3 Å². The van der Waals surface area contributed by atoms with Gasteiger partial charge in [0.05, 0.1) is 18.1 Å². The van der Waals surface area contributed by atoms with Gasteiger partial charge in [-0.2, -0.15) is 0 Å². The molecular formula is C39H54O7.